The van der Waals surface area contributed by atoms with Crippen molar-refractivity contribution >= 4 is 29.6 Å². The van der Waals surface area contributed by atoms with Crippen LogP contribution in [0, 0.1) is 15.5 Å². The van der Waals surface area contributed by atoms with E-state index in [1.807, 2.05) is 45.0 Å². The number of carbonyl (C=O) groups is 1. The topological polar surface area (TPSA) is 129 Å². The molecule has 1 aliphatic rings. The van der Waals surface area contributed by atoms with E-state index >= 15 is 0 Å². The van der Waals surface area contributed by atoms with Crippen LogP contribution in [0.15, 0.2) is 53.6 Å². The molecule has 0 radical (unpaired) electrons. The second-order valence-electron chi connectivity index (χ2n) is 9.52. The Balaban J connectivity index is 1.66. The number of benzene rings is 2. The molecule has 0 saturated carbocycles. The van der Waals surface area contributed by atoms with Crippen LogP contribution in [0.1, 0.15) is 32.8 Å². The lowest BCUT2D eigenvalue weighted by Crippen LogP contribution is -2.52. The minimum Gasteiger partial charge on any atom is -0.477 e. The molecule has 0 bridgehead atoms. The summed E-state index contributed by atoms with van der Waals surface area (Å²) in [5.41, 5.74) is -0.689. The highest BCUT2D eigenvalue weighted by molar-refractivity contribution is 6.30. The van der Waals surface area contributed by atoms with Gasteiger partial charge in [-0.1, -0.05) is 44.5 Å². The van der Waals surface area contributed by atoms with Gasteiger partial charge in [-0.15, -0.1) is 0 Å². The molecule has 188 valence electrons. The van der Waals surface area contributed by atoms with Crippen LogP contribution in [0.5, 0.6) is 5.75 Å². The number of ether oxygens (including phenoxy) is 1. The van der Waals surface area contributed by atoms with Crippen molar-refractivity contribution in [2.45, 2.75) is 45.4 Å². The first-order valence-electron chi connectivity index (χ1n) is 11.0. The number of non-ortho nitro benzene ring substituents is 1. The smallest absolute Gasteiger partial charge is 0.366 e. The number of hydrazone groups is 1. The molecule has 2 unspecified atom stereocenters. The van der Waals surface area contributed by atoms with E-state index in [1.54, 1.807) is 5.01 Å². The maximum atomic E-state index is 11.9. The summed E-state index contributed by atoms with van der Waals surface area (Å²) < 4.78 is 5.57. The summed E-state index contributed by atoms with van der Waals surface area (Å²) in [6.45, 7) is 6.11. The number of aliphatic hydroxyl groups is 1. The summed E-state index contributed by atoms with van der Waals surface area (Å²) in [4.78, 5) is 23.5. The van der Waals surface area contributed by atoms with Crippen molar-refractivity contribution in [2.75, 3.05) is 13.2 Å². The van der Waals surface area contributed by atoms with Crippen LogP contribution in [0.4, 0.5) is 5.69 Å². The monoisotopic (exact) mass is 504 g/mol. The Bertz CT molecular complexity index is 1070. The summed E-state index contributed by atoms with van der Waals surface area (Å²) in [7, 11) is 0. The Labute approximate surface area is 208 Å². The van der Waals surface area contributed by atoms with Crippen molar-refractivity contribution in [1.82, 2.24) is 9.91 Å². The van der Waals surface area contributed by atoms with Crippen molar-refractivity contribution in [1.29, 1.82) is 0 Å². The summed E-state index contributed by atoms with van der Waals surface area (Å²) in [5.74, 6) is -1.07. The van der Waals surface area contributed by atoms with Gasteiger partial charge in [-0.3, -0.25) is 20.0 Å². The third-order valence-corrected chi connectivity index (χ3v) is 6.33. The highest BCUT2D eigenvalue weighted by Gasteiger charge is 2.42. The number of rotatable bonds is 10. The van der Waals surface area contributed by atoms with Crippen LogP contribution in [-0.2, 0) is 11.2 Å². The molecule has 1 aliphatic heterocycles. The summed E-state index contributed by atoms with van der Waals surface area (Å²) >= 11 is 5.96. The molecule has 0 fully saturated rings. The molecule has 0 saturated heterocycles. The standard InChI is InChI=1S/C24H29ClN4O6/c1-23(2,3)24(32,13-12-17-4-6-18(25)7-5-17)14-28-16-27(15-26-28)21(22(30)31)35-20-10-8-19(9-11-20)29(33)34/h4-11,15,21,32H,12-14,16H2,1-3H3,(H,30,31). The fourth-order valence-corrected chi connectivity index (χ4v) is 3.78. The number of nitro groups is 1. The van der Waals surface area contributed by atoms with Gasteiger partial charge in [-0.25, -0.2) is 4.79 Å². The van der Waals surface area contributed by atoms with Crippen molar-refractivity contribution < 1.29 is 24.7 Å². The highest BCUT2D eigenvalue weighted by Crippen LogP contribution is 2.36. The Kier molecular flexibility index (Phi) is 7.86. The lowest BCUT2D eigenvalue weighted by molar-refractivity contribution is -0.384. The van der Waals surface area contributed by atoms with E-state index < -0.39 is 28.1 Å². The first-order valence-corrected chi connectivity index (χ1v) is 11.4. The van der Waals surface area contributed by atoms with Gasteiger partial charge in [0.2, 0.25) is 0 Å². The maximum Gasteiger partial charge on any atom is 0.366 e. The lowest BCUT2D eigenvalue weighted by atomic mass is 9.73. The molecule has 0 aliphatic carbocycles. The van der Waals surface area contributed by atoms with Gasteiger partial charge in [0.1, 0.15) is 18.8 Å². The fourth-order valence-electron chi connectivity index (χ4n) is 3.66. The largest absolute Gasteiger partial charge is 0.477 e. The molecular weight excluding hydrogens is 476 g/mol. The zero-order chi connectivity index (χ0) is 25.8. The number of nitro benzene ring substituents is 1. The number of carboxylic acids is 1. The van der Waals surface area contributed by atoms with Crippen LogP contribution in [-0.4, -0.2) is 62.4 Å². The summed E-state index contributed by atoms with van der Waals surface area (Å²) in [6.07, 6.45) is 1.05. The number of hydrogen-bond acceptors (Lipinski definition) is 8. The Morgan fingerprint density at radius 2 is 1.83 bits per heavy atom. The predicted molar refractivity (Wildman–Crippen MR) is 131 cm³/mol. The average Bonchev–Trinajstić information content (AvgIpc) is 3.24. The van der Waals surface area contributed by atoms with Gasteiger partial charge in [0, 0.05) is 17.2 Å². The van der Waals surface area contributed by atoms with Crippen LogP contribution < -0.4 is 4.74 Å². The number of halogens is 1. The van der Waals surface area contributed by atoms with Crippen LogP contribution in [0.3, 0.4) is 0 Å². The maximum absolute atomic E-state index is 11.9. The van der Waals surface area contributed by atoms with E-state index in [-0.39, 0.29) is 24.7 Å². The number of carboxylic acid groups (broad SMARTS) is 1. The molecular formula is C24H29ClN4O6. The van der Waals surface area contributed by atoms with Crippen molar-refractivity contribution in [3.05, 3.63) is 69.2 Å². The Morgan fingerprint density at radius 3 is 2.37 bits per heavy atom. The van der Waals surface area contributed by atoms with Gasteiger partial charge in [0.15, 0.2) is 0 Å². The van der Waals surface area contributed by atoms with E-state index in [9.17, 15) is 25.1 Å². The first-order chi connectivity index (χ1) is 16.4. The molecule has 2 atom stereocenters. The molecule has 2 aromatic rings. The number of β-amino-alcohol motifs (C(OH)–C–C–N with tert-alkyl or cyclic N) is 1. The minimum atomic E-state index is -1.40. The third kappa shape index (κ3) is 6.61. The SMILES string of the molecule is CC(C)(C)C(O)(CCc1ccc(Cl)cc1)CN1CN(C(Oc2ccc([N+](=O)[O-])cc2)C(=O)O)C=N1. The average molecular weight is 505 g/mol. The Morgan fingerprint density at radius 1 is 1.20 bits per heavy atom. The summed E-state index contributed by atoms with van der Waals surface area (Å²) in [6, 6.07) is 12.6. The van der Waals surface area contributed by atoms with E-state index in [0.717, 1.165) is 5.56 Å². The lowest BCUT2D eigenvalue weighted by Gasteiger charge is -2.42. The molecule has 3 rings (SSSR count). The number of nitrogens with zero attached hydrogens (tertiary/aromatic N) is 4. The van der Waals surface area contributed by atoms with Crippen LogP contribution in [0.25, 0.3) is 0 Å². The molecule has 10 nitrogen and oxygen atoms in total. The van der Waals surface area contributed by atoms with E-state index in [2.05, 4.69) is 5.10 Å². The number of aryl methyl sites for hydroxylation is 1. The number of aliphatic carboxylic acids is 1. The van der Waals surface area contributed by atoms with E-state index in [1.165, 1.54) is 35.5 Å². The van der Waals surface area contributed by atoms with Crippen molar-refractivity contribution in [3.8, 4) is 5.75 Å². The second kappa shape index (κ2) is 10.5. The van der Waals surface area contributed by atoms with Crippen LogP contribution >= 0.6 is 11.6 Å². The fraction of sp³-hybridized carbons (Fsp3) is 0.417. The molecule has 1 heterocycles. The molecule has 0 amide bonds. The normalized spacial score (nSPS) is 16.1. The molecule has 0 spiro atoms. The highest BCUT2D eigenvalue weighted by atomic mass is 35.5. The minimum absolute atomic E-state index is 0.0866. The van der Waals surface area contributed by atoms with Gasteiger partial charge < -0.3 is 14.9 Å². The van der Waals surface area contributed by atoms with Gasteiger partial charge >= 0.3 is 5.97 Å². The van der Waals surface area contributed by atoms with Gasteiger partial charge in [-0.05, 0) is 48.1 Å². The number of hydrogen-bond donors (Lipinski definition) is 2. The van der Waals surface area contributed by atoms with E-state index in [4.69, 9.17) is 16.3 Å². The van der Waals surface area contributed by atoms with Crippen molar-refractivity contribution in [2.24, 2.45) is 10.5 Å². The molecule has 11 heteroatoms. The first kappa shape index (κ1) is 26.2. The Hall–Kier alpha value is -3.37. The van der Waals surface area contributed by atoms with E-state index in [0.29, 0.717) is 17.9 Å². The third-order valence-electron chi connectivity index (χ3n) is 6.08. The van der Waals surface area contributed by atoms with Crippen molar-refractivity contribution in [3.63, 3.8) is 0 Å². The zero-order valence-corrected chi connectivity index (χ0v) is 20.6. The predicted octanol–water partition coefficient (Wildman–Crippen LogP) is 3.97. The van der Waals surface area contributed by atoms with Gasteiger partial charge in [0.05, 0.1) is 17.1 Å². The zero-order valence-electron chi connectivity index (χ0n) is 19.8. The summed E-state index contributed by atoms with van der Waals surface area (Å²) in [5, 5.41) is 38.7. The second-order valence-corrected chi connectivity index (χ2v) is 9.96. The molecule has 2 aromatic carbocycles. The van der Waals surface area contributed by atoms with Gasteiger partial charge in [0.25, 0.3) is 11.9 Å². The molecule has 0 aromatic heterocycles. The van der Waals surface area contributed by atoms with Crippen LogP contribution in [0.2, 0.25) is 5.02 Å². The quantitative estimate of drug-likeness (QED) is 0.367. The molecule has 35 heavy (non-hydrogen) atoms. The molecule has 2 N–H and O–H groups in total. The van der Waals surface area contributed by atoms with Gasteiger partial charge in [-0.2, -0.15) is 5.10 Å².